The molecule has 166 valence electrons. The van der Waals surface area contributed by atoms with Crippen molar-refractivity contribution >= 4 is 11.9 Å². The third kappa shape index (κ3) is 5.90. The summed E-state index contributed by atoms with van der Waals surface area (Å²) < 4.78 is 11.8. The first-order chi connectivity index (χ1) is 15.0. The molecule has 0 bridgehead atoms. The van der Waals surface area contributed by atoms with Crippen LogP contribution < -0.4 is 25.4 Å². The van der Waals surface area contributed by atoms with Crippen LogP contribution in [0.2, 0.25) is 0 Å². The minimum atomic E-state index is -0.0580. The van der Waals surface area contributed by atoms with Crippen LogP contribution in [0.4, 0.5) is 0 Å². The number of carbonyl (C=O) groups excluding carboxylic acids is 1. The molecule has 1 aliphatic heterocycles. The monoisotopic (exact) mass is 424 g/mol. The number of rotatable bonds is 8. The first-order valence-electron chi connectivity index (χ1n) is 10.8. The maximum absolute atomic E-state index is 11.9. The van der Waals surface area contributed by atoms with Crippen molar-refractivity contribution in [2.75, 3.05) is 20.2 Å². The van der Waals surface area contributed by atoms with Crippen molar-refractivity contribution in [1.29, 1.82) is 0 Å². The molecule has 0 spiro atoms. The number of ether oxygens (including phenoxy) is 2. The van der Waals surface area contributed by atoms with E-state index in [-0.39, 0.29) is 12.0 Å². The van der Waals surface area contributed by atoms with Crippen molar-refractivity contribution in [3.05, 3.63) is 58.7 Å². The molecule has 2 aromatic rings. The van der Waals surface area contributed by atoms with Gasteiger partial charge in [0, 0.05) is 49.8 Å². The zero-order valence-corrected chi connectivity index (χ0v) is 18.7. The summed E-state index contributed by atoms with van der Waals surface area (Å²) in [6.07, 6.45) is 1.10. The number of fused-ring (bicyclic) bond motifs is 1. The highest BCUT2D eigenvalue weighted by Gasteiger charge is 2.21. The molecule has 1 heterocycles. The quantitative estimate of drug-likeness (QED) is 0.448. The van der Waals surface area contributed by atoms with Crippen molar-refractivity contribution in [2.45, 2.75) is 46.4 Å². The highest BCUT2D eigenvalue weighted by Crippen LogP contribution is 2.35. The fraction of sp³-hybridized carbons (Fsp3) is 0.417. The number of hydrogen-bond acceptors (Lipinski definition) is 4. The molecule has 2 aromatic carbocycles. The van der Waals surface area contributed by atoms with Crippen LogP contribution in [0, 0.1) is 0 Å². The number of amides is 1. The molecular weight excluding hydrogens is 392 g/mol. The smallest absolute Gasteiger partial charge is 0.251 e. The lowest BCUT2D eigenvalue weighted by molar-refractivity contribution is 0.0956. The van der Waals surface area contributed by atoms with Gasteiger partial charge in [0.05, 0.1) is 6.61 Å². The zero-order valence-electron chi connectivity index (χ0n) is 18.7. The van der Waals surface area contributed by atoms with Gasteiger partial charge in [-0.1, -0.05) is 12.1 Å². The Morgan fingerprint density at radius 3 is 2.55 bits per heavy atom. The van der Waals surface area contributed by atoms with Crippen molar-refractivity contribution in [2.24, 2.45) is 4.99 Å². The van der Waals surface area contributed by atoms with Gasteiger partial charge in [0.25, 0.3) is 5.91 Å². The summed E-state index contributed by atoms with van der Waals surface area (Å²) in [5.41, 5.74) is 3.94. The molecule has 1 atom stereocenters. The molecule has 7 nitrogen and oxygen atoms in total. The summed E-state index contributed by atoms with van der Waals surface area (Å²) in [5, 5.41) is 9.45. The van der Waals surface area contributed by atoms with Crippen LogP contribution in [0.15, 0.2) is 41.4 Å². The van der Waals surface area contributed by atoms with E-state index in [1.165, 1.54) is 5.56 Å². The number of carbonyl (C=O) groups is 1. The summed E-state index contributed by atoms with van der Waals surface area (Å²) >= 11 is 0. The van der Waals surface area contributed by atoms with Crippen molar-refractivity contribution in [3.8, 4) is 11.5 Å². The van der Waals surface area contributed by atoms with Gasteiger partial charge < -0.3 is 25.4 Å². The van der Waals surface area contributed by atoms with E-state index in [0.717, 1.165) is 29.0 Å². The van der Waals surface area contributed by atoms with E-state index >= 15 is 0 Å². The molecular formula is C24H32N4O3. The number of aliphatic imine (C=N–C) groups is 1. The van der Waals surface area contributed by atoms with Crippen LogP contribution in [0.1, 0.15) is 47.8 Å². The maximum atomic E-state index is 11.9. The van der Waals surface area contributed by atoms with Gasteiger partial charge in [-0.3, -0.25) is 9.79 Å². The summed E-state index contributed by atoms with van der Waals surface area (Å²) in [6.45, 7) is 8.36. The van der Waals surface area contributed by atoms with Gasteiger partial charge in [0.15, 0.2) is 5.96 Å². The molecule has 3 N–H and O–H groups in total. The Bertz CT molecular complexity index is 925. The molecule has 1 unspecified atom stereocenters. The predicted octanol–water partition coefficient (Wildman–Crippen LogP) is 3.02. The van der Waals surface area contributed by atoms with E-state index in [1.54, 1.807) is 7.05 Å². The molecule has 31 heavy (non-hydrogen) atoms. The molecule has 7 heteroatoms. The van der Waals surface area contributed by atoms with E-state index in [2.05, 4.69) is 40.0 Å². The Labute approximate surface area is 184 Å². The molecule has 0 saturated heterocycles. The lowest BCUT2D eigenvalue weighted by atomic mass is 10.1. The largest absolute Gasteiger partial charge is 0.494 e. The number of hydrogen-bond donors (Lipinski definition) is 3. The van der Waals surface area contributed by atoms with Crippen molar-refractivity contribution in [1.82, 2.24) is 16.0 Å². The van der Waals surface area contributed by atoms with E-state index < -0.39 is 0 Å². The third-order valence-electron chi connectivity index (χ3n) is 5.06. The second kappa shape index (κ2) is 10.7. The Morgan fingerprint density at radius 2 is 1.87 bits per heavy atom. The molecule has 0 fully saturated rings. The standard InChI is InChI=1S/C24H32N4O3/c1-5-26-23(29)18-9-7-17(8-10-18)14-27-24(25-4)28-15-20-13-22-19(11-16(3)31-22)12-21(20)30-6-2/h7-10,12-13,16H,5-6,11,14-15H2,1-4H3,(H,26,29)(H2,25,27,28). The Kier molecular flexibility index (Phi) is 7.76. The second-order valence-electron chi connectivity index (χ2n) is 7.47. The van der Waals surface area contributed by atoms with E-state index in [0.29, 0.717) is 37.8 Å². The highest BCUT2D eigenvalue weighted by molar-refractivity contribution is 5.94. The fourth-order valence-electron chi connectivity index (χ4n) is 3.53. The van der Waals surface area contributed by atoms with Gasteiger partial charge in [-0.2, -0.15) is 0 Å². The molecule has 1 aliphatic rings. The van der Waals surface area contributed by atoms with Crippen LogP contribution in [-0.2, 0) is 19.5 Å². The second-order valence-corrected chi connectivity index (χ2v) is 7.47. The first kappa shape index (κ1) is 22.5. The molecule has 0 radical (unpaired) electrons. The van der Waals surface area contributed by atoms with E-state index in [4.69, 9.17) is 9.47 Å². The normalized spacial score (nSPS) is 15.1. The average molecular weight is 425 g/mol. The van der Waals surface area contributed by atoms with Crippen LogP contribution >= 0.6 is 0 Å². The number of nitrogens with zero attached hydrogens (tertiary/aromatic N) is 1. The van der Waals surface area contributed by atoms with Crippen LogP contribution in [-0.4, -0.2) is 38.2 Å². The van der Waals surface area contributed by atoms with Gasteiger partial charge in [0.2, 0.25) is 0 Å². The maximum Gasteiger partial charge on any atom is 0.251 e. The van der Waals surface area contributed by atoms with Crippen LogP contribution in [0.5, 0.6) is 11.5 Å². The van der Waals surface area contributed by atoms with Crippen molar-refractivity contribution < 1.29 is 14.3 Å². The highest BCUT2D eigenvalue weighted by atomic mass is 16.5. The Morgan fingerprint density at radius 1 is 1.13 bits per heavy atom. The molecule has 0 saturated carbocycles. The minimum absolute atomic E-state index is 0.0580. The third-order valence-corrected chi connectivity index (χ3v) is 5.06. The van der Waals surface area contributed by atoms with Gasteiger partial charge >= 0.3 is 0 Å². The number of guanidine groups is 1. The lowest BCUT2D eigenvalue weighted by Gasteiger charge is -2.16. The summed E-state index contributed by atoms with van der Waals surface area (Å²) in [4.78, 5) is 16.2. The number of nitrogens with one attached hydrogen (secondary N) is 3. The first-order valence-corrected chi connectivity index (χ1v) is 10.8. The summed E-state index contributed by atoms with van der Waals surface area (Å²) in [7, 11) is 1.74. The van der Waals surface area contributed by atoms with Gasteiger partial charge in [-0.25, -0.2) is 0 Å². The molecule has 0 aliphatic carbocycles. The van der Waals surface area contributed by atoms with Gasteiger partial charge in [-0.05, 0) is 50.6 Å². The Balaban J connectivity index is 1.58. The molecule has 3 rings (SSSR count). The topological polar surface area (TPSA) is 84.0 Å². The van der Waals surface area contributed by atoms with Gasteiger partial charge in [0.1, 0.15) is 17.6 Å². The zero-order chi connectivity index (χ0) is 22.2. The van der Waals surface area contributed by atoms with E-state index in [1.807, 2.05) is 38.1 Å². The Hall–Kier alpha value is -3.22. The molecule has 0 aromatic heterocycles. The van der Waals surface area contributed by atoms with E-state index in [9.17, 15) is 4.79 Å². The summed E-state index contributed by atoms with van der Waals surface area (Å²) in [5.74, 6) is 2.44. The predicted molar refractivity (Wildman–Crippen MR) is 123 cm³/mol. The van der Waals surface area contributed by atoms with Crippen LogP contribution in [0.3, 0.4) is 0 Å². The molecule has 1 amide bonds. The van der Waals surface area contributed by atoms with Crippen LogP contribution in [0.25, 0.3) is 0 Å². The average Bonchev–Trinajstić information content (AvgIpc) is 3.13. The van der Waals surface area contributed by atoms with Crippen molar-refractivity contribution in [3.63, 3.8) is 0 Å². The minimum Gasteiger partial charge on any atom is -0.494 e. The fourth-order valence-corrected chi connectivity index (χ4v) is 3.53. The SMILES string of the molecule is CCNC(=O)c1ccc(CNC(=NC)NCc2cc3c(cc2OCC)CC(C)O3)cc1. The lowest BCUT2D eigenvalue weighted by Crippen LogP contribution is -2.36. The summed E-state index contributed by atoms with van der Waals surface area (Å²) in [6, 6.07) is 11.7. The van der Waals surface area contributed by atoms with Gasteiger partial charge in [-0.15, -0.1) is 0 Å². The number of benzene rings is 2.